The third-order valence-electron chi connectivity index (χ3n) is 2.30. The molecule has 0 aromatic carbocycles. The molecule has 0 spiro atoms. The fraction of sp³-hybridized carbons (Fsp3) is 1.00. The topological polar surface area (TPSA) is 15.3 Å². The van der Waals surface area contributed by atoms with Gasteiger partial charge in [-0.1, -0.05) is 20.8 Å². The van der Waals surface area contributed by atoms with Crippen molar-refractivity contribution >= 4 is 0 Å². The Bertz CT molecular complexity index is 108. The molecule has 0 bridgehead atoms. The van der Waals surface area contributed by atoms with E-state index in [0.29, 0.717) is 5.41 Å². The predicted molar refractivity (Wildman–Crippen MR) is 55.5 cm³/mol. The summed E-state index contributed by atoms with van der Waals surface area (Å²) >= 11 is 0. The van der Waals surface area contributed by atoms with E-state index in [-0.39, 0.29) is 0 Å². The molecular weight excluding hydrogens is 148 g/mol. The monoisotopic (exact) mass is 172 g/mol. The number of rotatable bonds is 6. The summed E-state index contributed by atoms with van der Waals surface area (Å²) in [5.41, 5.74) is 0.451. The van der Waals surface area contributed by atoms with E-state index in [2.05, 4.69) is 45.1 Å². The third-order valence-corrected chi connectivity index (χ3v) is 2.30. The van der Waals surface area contributed by atoms with E-state index >= 15 is 0 Å². The third kappa shape index (κ3) is 6.62. The van der Waals surface area contributed by atoms with Crippen molar-refractivity contribution in [1.29, 1.82) is 0 Å². The molecule has 0 aromatic rings. The fourth-order valence-corrected chi connectivity index (χ4v) is 0.854. The SMILES string of the molecule is CCC(C)(C)CNCCN(C)C. The highest BCUT2D eigenvalue weighted by Crippen LogP contribution is 2.17. The van der Waals surface area contributed by atoms with Crippen molar-refractivity contribution in [2.45, 2.75) is 27.2 Å². The summed E-state index contributed by atoms with van der Waals surface area (Å²) in [5, 5.41) is 3.47. The molecule has 12 heavy (non-hydrogen) atoms. The Balaban J connectivity index is 3.31. The standard InChI is InChI=1S/C10H24N2/c1-6-10(2,3)9-11-7-8-12(4)5/h11H,6-9H2,1-5H3. The van der Waals surface area contributed by atoms with Gasteiger partial charge in [0.05, 0.1) is 0 Å². The van der Waals surface area contributed by atoms with Gasteiger partial charge in [-0.3, -0.25) is 0 Å². The van der Waals surface area contributed by atoms with Gasteiger partial charge in [0.2, 0.25) is 0 Å². The maximum atomic E-state index is 3.47. The summed E-state index contributed by atoms with van der Waals surface area (Å²) in [6.07, 6.45) is 1.24. The zero-order valence-electron chi connectivity index (χ0n) is 9.28. The Hall–Kier alpha value is -0.0800. The van der Waals surface area contributed by atoms with E-state index in [1.807, 2.05) is 0 Å². The maximum absolute atomic E-state index is 3.47. The minimum absolute atomic E-state index is 0.451. The molecule has 74 valence electrons. The summed E-state index contributed by atoms with van der Waals surface area (Å²) in [5.74, 6) is 0. The normalized spacial score (nSPS) is 12.5. The molecular formula is C10H24N2. The Morgan fingerprint density at radius 3 is 2.25 bits per heavy atom. The molecule has 0 rings (SSSR count). The largest absolute Gasteiger partial charge is 0.315 e. The Morgan fingerprint density at radius 1 is 1.25 bits per heavy atom. The van der Waals surface area contributed by atoms with Crippen LogP contribution in [0, 0.1) is 5.41 Å². The van der Waals surface area contributed by atoms with Crippen molar-refractivity contribution in [3.63, 3.8) is 0 Å². The molecule has 0 fully saturated rings. The van der Waals surface area contributed by atoms with Crippen molar-refractivity contribution in [3.8, 4) is 0 Å². The second-order valence-corrected chi connectivity index (χ2v) is 4.50. The van der Waals surface area contributed by atoms with E-state index < -0.39 is 0 Å². The highest BCUT2D eigenvalue weighted by molar-refractivity contribution is 4.69. The zero-order valence-corrected chi connectivity index (χ0v) is 9.28. The first-order valence-corrected chi connectivity index (χ1v) is 4.83. The van der Waals surface area contributed by atoms with Gasteiger partial charge in [0.15, 0.2) is 0 Å². The Kier molecular flexibility index (Phi) is 5.51. The van der Waals surface area contributed by atoms with Crippen LogP contribution in [-0.4, -0.2) is 38.6 Å². The Labute approximate surface area is 77.3 Å². The van der Waals surface area contributed by atoms with Gasteiger partial charge in [-0.2, -0.15) is 0 Å². The van der Waals surface area contributed by atoms with E-state index in [1.165, 1.54) is 6.42 Å². The van der Waals surface area contributed by atoms with Crippen LogP contribution in [0.5, 0.6) is 0 Å². The number of nitrogens with one attached hydrogen (secondary N) is 1. The number of hydrogen-bond acceptors (Lipinski definition) is 2. The van der Waals surface area contributed by atoms with Gasteiger partial charge in [-0.05, 0) is 25.9 Å². The average Bonchev–Trinajstić information content (AvgIpc) is 1.98. The first-order chi connectivity index (χ1) is 5.48. The van der Waals surface area contributed by atoms with Crippen LogP contribution < -0.4 is 5.32 Å². The summed E-state index contributed by atoms with van der Waals surface area (Å²) in [6, 6.07) is 0. The lowest BCUT2D eigenvalue weighted by atomic mass is 9.90. The molecule has 0 amide bonds. The minimum atomic E-state index is 0.451. The maximum Gasteiger partial charge on any atom is 0.0101 e. The van der Waals surface area contributed by atoms with E-state index in [9.17, 15) is 0 Å². The molecule has 0 unspecified atom stereocenters. The summed E-state index contributed by atoms with van der Waals surface area (Å²) in [7, 11) is 4.21. The molecule has 0 radical (unpaired) electrons. The molecule has 0 heterocycles. The summed E-state index contributed by atoms with van der Waals surface area (Å²) in [4.78, 5) is 2.20. The van der Waals surface area contributed by atoms with Crippen molar-refractivity contribution in [2.24, 2.45) is 5.41 Å². The zero-order chi connectivity index (χ0) is 9.61. The fourth-order valence-electron chi connectivity index (χ4n) is 0.854. The van der Waals surface area contributed by atoms with Gasteiger partial charge in [0.1, 0.15) is 0 Å². The van der Waals surface area contributed by atoms with Crippen LogP contribution >= 0.6 is 0 Å². The molecule has 1 N–H and O–H groups in total. The minimum Gasteiger partial charge on any atom is -0.315 e. The van der Waals surface area contributed by atoms with Crippen molar-refractivity contribution in [3.05, 3.63) is 0 Å². The highest BCUT2D eigenvalue weighted by Gasteiger charge is 2.13. The van der Waals surface area contributed by atoms with E-state index in [1.54, 1.807) is 0 Å². The van der Waals surface area contributed by atoms with Crippen LogP contribution in [0.3, 0.4) is 0 Å². The molecule has 0 aliphatic rings. The van der Waals surface area contributed by atoms with Crippen LogP contribution in [0.25, 0.3) is 0 Å². The molecule has 0 aliphatic carbocycles. The molecule has 0 aromatic heterocycles. The Morgan fingerprint density at radius 2 is 1.83 bits per heavy atom. The van der Waals surface area contributed by atoms with Gasteiger partial charge in [0.25, 0.3) is 0 Å². The summed E-state index contributed by atoms with van der Waals surface area (Å²) < 4.78 is 0. The second-order valence-electron chi connectivity index (χ2n) is 4.50. The lowest BCUT2D eigenvalue weighted by Crippen LogP contribution is -2.33. The van der Waals surface area contributed by atoms with Crippen LogP contribution in [0.1, 0.15) is 27.2 Å². The van der Waals surface area contributed by atoms with Gasteiger partial charge in [-0.25, -0.2) is 0 Å². The van der Waals surface area contributed by atoms with Crippen LogP contribution in [-0.2, 0) is 0 Å². The first kappa shape index (κ1) is 11.9. The lowest BCUT2D eigenvalue weighted by molar-refractivity contribution is 0.315. The van der Waals surface area contributed by atoms with Crippen LogP contribution in [0.15, 0.2) is 0 Å². The van der Waals surface area contributed by atoms with Crippen molar-refractivity contribution < 1.29 is 0 Å². The van der Waals surface area contributed by atoms with Crippen LogP contribution in [0.2, 0.25) is 0 Å². The summed E-state index contributed by atoms with van der Waals surface area (Å²) in [6.45, 7) is 10.2. The number of nitrogens with zero attached hydrogens (tertiary/aromatic N) is 1. The molecule has 0 saturated carbocycles. The highest BCUT2D eigenvalue weighted by atomic mass is 15.1. The van der Waals surface area contributed by atoms with Gasteiger partial charge >= 0.3 is 0 Å². The van der Waals surface area contributed by atoms with Crippen molar-refractivity contribution in [2.75, 3.05) is 33.7 Å². The lowest BCUT2D eigenvalue weighted by Gasteiger charge is -2.23. The van der Waals surface area contributed by atoms with Gasteiger partial charge in [-0.15, -0.1) is 0 Å². The van der Waals surface area contributed by atoms with Gasteiger partial charge < -0.3 is 10.2 Å². The molecule has 2 nitrogen and oxygen atoms in total. The van der Waals surface area contributed by atoms with E-state index in [4.69, 9.17) is 0 Å². The van der Waals surface area contributed by atoms with Crippen LogP contribution in [0.4, 0.5) is 0 Å². The molecule has 0 atom stereocenters. The molecule has 0 aliphatic heterocycles. The van der Waals surface area contributed by atoms with Gasteiger partial charge in [0, 0.05) is 19.6 Å². The molecule has 0 saturated heterocycles. The molecule has 2 heteroatoms. The first-order valence-electron chi connectivity index (χ1n) is 4.83. The average molecular weight is 172 g/mol. The predicted octanol–water partition coefficient (Wildman–Crippen LogP) is 1.57. The smallest absolute Gasteiger partial charge is 0.0101 e. The quantitative estimate of drug-likeness (QED) is 0.612. The van der Waals surface area contributed by atoms with Crippen molar-refractivity contribution in [1.82, 2.24) is 10.2 Å². The second kappa shape index (κ2) is 5.55. The van der Waals surface area contributed by atoms with E-state index in [0.717, 1.165) is 19.6 Å². The number of likely N-dealkylation sites (N-methyl/N-ethyl adjacent to an activating group) is 1. The number of hydrogen-bond donors (Lipinski definition) is 1.